The molecular formula is C20H21N3O4S. The van der Waals surface area contributed by atoms with E-state index in [4.69, 9.17) is 14.2 Å². The first-order chi connectivity index (χ1) is 13.6. The molecule has 1 atom stereocenters. The molecule has 1 aliphatic rings. The molecule has 2 aromatic heterocycles. The van der Waals surface area contributed by atoms with Crippen LogP contribution in [0.3, 0.4) is 0 Å². The fraction of sp³-hybridized carbons (Fsp3) is 0.300. The van der Waals surface area contributed by atoms with E-state index < -0.39 is 0 Å². The number of anilines is 1. The zero-order valence-electron chi connectivity index (χ0n) is 15.9. The molecule has 1 aliphatic heterocycles. The topological polar surface area (TPSA) is 74.6 Å². The summed E-state index contributed by atoms with van der Waals surface area (Å²) >= 11 is 1.66. The van der Waals surface area contributed by atoms with Crippen LogP contribution < -0.4 is 19.5 Å². The molecule has 3 aromatic rings. The van der Waals surface area contributed by atoms with E-state index in [9.17, 15) is 4.79 Å². The van der Waals surface area contributed by atoms with Crippen molar-refractivity contribution >= 4 is 23.1 Å². The fourth-order valence-corrected chi connectivity index (χ4v) is 4.23. The first kappa shape index (κ1) is 18.4. The van der Waals surface area contributed by atoms with Crippen molar-refractivity contribution in [3.05, 3.63) is 51.8 Å². The van der Waals surface area contributed by atoms with Crippen molar-refractivity contribution in [1.82, 2.24) is 9.78 Å². The molecule has 0 fully saturated rings. The first-order valence-corrected chi connectivity index (χ1v) is 9.70. The van der Waals surface area contributed by atoms with E-state index in [0.29, 0.717) is 30.2 Å². The molecule has 3 heterocycles. The predicted molar refractivity (Wildman–Crippen MR) is 107 cm³/mol. The summed E-state index contributed by atoms with van der Waals surface area (Å²) in [5, 5.41) is 9.53. The predicted octanol–water partition coefficient (Wildman–Crippen LogP) is 3.49. The lowest BCUT2D eigenvalue weighted by Gasteiger charge is -2.26. The molecule has 1 amide bonds. The van der Waals surface area contributed by atoms with E-state index in [1.54, 1.807) is 38.7 Å². The van der Waals surface area contributed by atoms with Gasteiger partial charge in [-0.3, -0.25) is 4.79 Å². The van der Waals surface area contributed by atoms with E-state index >= 15 is 0 Å². The van der Waals surface area contributed by atoms with Crippen LogP contribution in [0, 0.1) is 0 Å². The van der Waals surface area contributed by atoms with E-state index in [1.807, 2.05) is 28.4 Å². The Morgan fingerprint density at radius 1 is 1.14 bits per heavy atom. The summed E-state index contributed by atoms with van der Waals surface area (Å²) in [5.74, 6) is 2.31. The number of hydrogen-bond donors (Lipinski definition) is 1. The van der Waals surface area contributed by atoms with Gasteiger partial charge < -0.3 is 19.5 Å². The Hall–Kier alpha value is -3.00. The molecule has 1 N–H and O–H groups in total. The Morgan fingerprint density at radius 2 is 1.89 bits per heavy atom. The molecule has 0 aliphatic carbocycles. The molecule has 0 saturated heterocycles. The maximum atomic E-state index is 12.5. The van der Waals surface area contributed by atoms with Gasteiger partial charge in [0, 0.05) is 34.4 Å². The molecule has 0 radical (unpaired) electrons. The summed E-state index contributed by atoms with van der Waals surface area (Å²) in [6, 6.07) is 7.72. The Morgan fingerprint density at radius 3 is 2.57 bits per heavy atom. The van der Waals surface area contributed by atoms with Gasteiger partial charge in [-0.15, -0.1) is 11.3 Å². The lowest BCUT2D eigenvalue weighted by molar-refractivity contribution is -0.116. The highest BCUT2D eigenvalue weighted by molar-refractivity contribution is 7.09. The van der Waals surface area contributed by atoms with Crippen molar-refractivity contribution in [3.63, 3.8) is 0 Å². The molecule has 0 saturated carbocycles. The number of amides is 1. The number of carbonyl (C=O) groups excluding carboxylic acids is 1. The molecular weight excluding hydrogens is 378 g/mol. The van der Waals surface area contributed by atoms with Gasteiger partial charge in [0.25, 0.3) is 0 Å². The van der Waals surface area contributed by atoms with Crippen molar-refractivity contribution in [1.29, 1.82) is 0 Å². The fourth-order valence-electron chi connectivity index (χ4n) is 3.54. The standard InChI is InChI=1S/C20H21N3O4S/c1-25-16-9-18(27-3)17(26-2)7-14(16)13-8-19(24)22-20-15(13)10-21-23(20)11-12-5-4-6-28-12/h4-7,9-10,13H,8,11H2,1-3H3,(H,22,24)/t13-/m0/s1. The normalized spacial score (nSPS) is 15.7. The number of rotatable bonds is 6. The summed E-state index contributed by atoms with van der Waals surface area (Å²) in [4.78, 5) is 13.7. The van der Waals surface area contributed by atoms with Gasteiger partial charge in [-0.25, -0.2) is 4.68 Å². The monoisotopic (exact) mass is 399 g/mol. The minimum atomic E-state index is -0.185. The molecule has 8 heteroatoms. The van der Waals surface area contributed by atoms with Crippen molar-refractivity contribution in [2.75, 3.05) is 26.6 Å². The number of methoxy groups -OCH3 is 3. The van der Waals surface area contributed by atoms with Crippen molar-refractivity contribution in [2.24, 2.45) is 0 Å². The number of thiophene rings is 1. The Labute approximate surface area is 166 Å². The van der Waals surface area contributed by atoms with E-state index in [2.05, 4.69) is 16.5 Å². The van der Waals surface area contributed by atoms with Crippen LogP contribution in [0.4, 0.5) is 5.82 Å². The van der Waals surface area contributed by atoms with Crippen molar-refractivity contribution < 1.29 is 19.0 Å². The highest BCUT2D eigenvalue weighted by Gasteiger charge is 2.32. The number of ether oxygens (including phenoxy) is 3. The average molecular weight is 399 g/mol. The molecule has 4 rings (SSSR count). The Kier molecular flexibility index (Phi) is 4.95. The third-order valence-corrected chi connectivity index (χ3v) is 5.75. The number of hydrogen-bond acceptors (Lipinski definition) is 6. The highest BCUT2D eigenvalue weighted by Crippen LogP contribution is 2.45. The van der Waals surface area contributed by atoms with Gasteiger partial charge in [0.15, 0.2) is 11.5 Å². The summed E-state index contributed by atoms with van der Waals surface area (Å²) < 4.78 is 18.3. The second kappa shape index (κ2) is 7.55. The minimum Gasteiger partial charge on any atom is -0.496 e. The molecule has 146 valence electrons. The van der Waals surface area contributed by atoms with Gasteiger partial charge in [-0.2, -0.15) is 5.10 Å². The van der Waals surface area contributed by atoms with Gasteiger partial charge in [-0.05, 0) is 17.5 Å². The van der Waals surface area contributed by atoms with Gasteiger partial charge in [0.1, 0.15) is 11.6 Å². The van der Waals surface area contributed by atoms with Gasteiger partial charge in [0.2, 0.25) is 5.91 Å². The third-order valence-electron chi connectivity index (χ3n) is 4.89. The Balaban J connectivity index is 1.78. The summed E-state index contributed by atoms with van der Waals surface area (Å²) in [6.07, 6.45) is 2.13. The largest absolute Gasteiger partial charge is 0.496 e. The van der Waals surface area contributed by atoms with Crippen LogP contribution >= 0.6 is 11.3 Å². The Bertz CT molecular complexity index is 997. The van der Waals surface area contributed by atoms with E-state index in [0.717, 1.165) is 16.9 Å². The van der Waals surface area contributed by atoms with Crippen LogP contribution in [0.1, 0.15) is 28.3 Å². The smallest absolute Gasteiger partial charge is 0.226 e. The van der Waals surface area contributed by atoms with Crippen molar-refractivity contribution in [2.45, 2.75) is 18.9 Å². The molecule has 28 heavy (non-hydrogen) atoms. The molecule has 7 nitrogen and oxygen atoms in total. The number of nitrogens with zero attached hydrogens (tertiary/aromatic N) is 2. The second-order valence-electron chi connectivity index (χ2n) is 6.44. The maximum absolute atomic E-state index is 12.5. The summed E-state index contributed by atoms with van der Waals surface area (Å²) in [7, 11) is 4.78. The summed E-state index contributed by atoms with van der Waals surface area (Å²) in [6.45, 7) is 0.614. The molecule has 1 aromatic carbocycles. The van der Waals surface area contributed by atoms with Gasteiger partial charge >= 0.3 is 0 Å². The summed E-state index contributed by atoms with van der Waals surface area (Å²) in [5.41, 5.74) is 1.83. The van der Waals surface area contributed by atoms with Crippen LogP contribution in [0.15, 0.2) is 35.8 Å². The first-order valence-electron chi connectivity index (χ1n) is 8.82. The number of nitrogens with one attached hydrogen (secondary N) is 1. The highest BCUT2D eigenvalue weighted by atomic mass is 32.1. The number of fused-ring (bicyclic) bond motifs is 1. The number of benzene rings is 1. The van der Waals surface area contributed by atoms with Crippen LogP contribution in [0.25, 0.3) is 0 Å². The maximum Gasteiger partial charge on any atom is 0.226 e. The quantitative estimate of drug-likeness (QED) is 0.687. The SMILES string of the molecule is COc1cc(OC)c([C@@H]2CC(=O)Nc3c2cnn3Cc2cccs2)cc1OC. The lowest BCUT2D eigenvalue weighted by atomic mass is 9.86. The third kappa shape index (κ3) is 3.20. The zero-order chi connectivity index (χ0) is 19.7. The van der Waals surface area contributed by atoms with E-state index in [1.165, 1.54) is 4.88 Å². The van der Waals surface area contributed by atoms with Crippen LogP contribution in [-0.4, -0.2) is 37.0 Å². The van der Waals surface area contributed by atoms with Crippen molar-refractivity contribution in [3.8, 4) is 17.2 Å². The van der Waals surface area contributed by atoms with Gasteiger partial charge in [0.05, 0.1) is 34.1 Å². The van der Waals surface area contributed by atoms with Crippen LogP contribution in [0.5, 0.6) is 17.2 Å². The van der Waals surface area contributed by atoms with Crippen LogP contribution in [-0.2, 0) is 11.3 Å². The zero-order valence-corrected chi connectivity index (χ0v) is 16.7. The second-order valence-corrected chi connectivity index (χ2v) is 7.47. The minimum absolute atomic E-state index is 0.0535. The number of aromatic nitrogens is 2. The molecule has 0 spiro atoms. The lowest BCUT2D eigenvalue weighted by Crippen LogP contribution is -2.25. The molecule has 0 unspecified atom stereocenters. The number of carbonyl (C=O) groups is 1. The average Bonchev–Trinajstić information content (AvgIpc) is 3.37. The molecule has 0 bridgehead atoms. The van der Waals surface area contributed by atoms with Gasteiger partial charge in [-0.1, -0.05) is 6.07 Å². The van der Waals surface area contributed by atoms with Crippen LogP contribution in [0.2, 0.25) is 0 Å². The van der Waals surface area contributed by atoms with E-state index in [-0.39, 0.29) is 11.8 Å².